The van der Waals surface area contributed by atoms with Crippen LogP contribution in [-0.4, -0.2) is 36.2 Å². The van der Waals surface area contributed by atoms with Crippen LogP contribution in [0.1, 0.15) is 5.56 Å². The lowest BCUT2D eigenvalue weighted by atomic mass is 10.2. The molecule has 116 valence electrons. The van der Waals surface area contributed by atoms with Gasteiger partial charge in [-0.25, -0.2) is 4.98 Å². The minimum absolute atomic E-state index is 0.647. The van der Waals surface area contributed by atoms with E-state index in [-0.39, 0.29) is 0 Å². The fraction of sp³-hybridized carbons (Fsp3) is 0.235. The van der Waals surface area contributed by atoms with Gasteiger partial charge in [-0.2, -0.15) is 5.26 Å². The predicted octanol–water partition coefficient (Wildman–Crippen LogP) is 1.89. The van der Waals surface area contributed by atoms with Crippen LogP contribution in [-0.2, 0) is 0 Å². The number of nitrogens with one attached hydrogen (secondary N) is 2. The first-order chi connectivity index (χ1) is 11.3. The molecule has 2 N–H and O–H groups in total. The molecule has 1 aromatic heterocycles. The Morgan fingerprint density at radius 1 is 1.09 bits per heavy atom. The number of aromatic nitrogens is 1. The van der Waals surface area contributed by atoms with Gasteiger partial charge in [-0.3, -0.25) is 4.90 Å². The Hall–Kier alpha value is -2.65. The molecule has 1 fully saturated rings. The number of nitrogens with zero attached hydrogens (tertiary/aromatic N) is 3. The second kappa shape index (κ2) is 7.07. The molecule has 2 heterocycles. The Kier molecular flexibility index (Phi) is 4.69. The second-order valence-corrected chi connectivity index (χ2v) is 5.73. The maximum Gasteiger partial charge on any atom is 0.274 e. The van der Waals surface area contributed by atoms with Gasteiger partial charge in [0.2, 0.25) is 0 Å². The maximum atomic E-state index is 8.82. The van der Waals surface area contributed by atoms with Crippen molar-refractivity contribution in [2.24, 2.45) is 0 Å². The number of benzene rings is 1. The highest BCUT2D eigenvalue weighted by molar-refractivity contribution is 7.80. The van der Waals surface area contributed by atoms with Crippen LogP contribution in [0, 0.1) is 11.3 Å². The van der Waals surface area contributed by atoms with E-state index in [9.17, 15) is 0 Å². The van der Waals surface area contributed by atoms with Crippen LogP contribution in [0.25, 0.3) is 0 Å². The number of aromatic amines is 1. The van der Waals surface area contributed by atoms with E-state index in [1.807, 2.05) is 30.5 Å². The molecule has 1 saturated heterocycles. The minimum Gasteiger partial charge on any atom is -0.341 e. The van der Waals surface area contributed by atoms with Gasteiger partial charge in [0, 0.05) is 11.8 Å². The molecule has 0 radical (unpaired) electrons. The van der Waals surface area contributed by atoms with Crippen molar-refractivity contribution in [2.75, 3.05) is 36.4 Å². The second-order valence-electron chi connectivity index (χ2n) is 5.34. The molecule has 1 aromatic carbocycles. The molecule has 6 heteroatoms. The largest absolute Gasteiger partial charge is 0.341 e. The summed E-state index contributed by atoms with van der Waals surface area (Å²) in [6.07, 6.45) is 1.94. The monoisotopic (exact) mass is 324 g/mol. The third-order valence-electron chi connectivity index (χ3n) is 3.87. The molecule has 1 aliphatic rings. The van der Waals surface area contributed by atoms with Crippen molar-refractivity contribution in [1.29, 1.82) is 5.26 Å². The van der Waals surface area contributed by atoms with Crippen molar-refractivity contribution in [3.8, 4) is 6.07 Å². The van der Waals surface area contributed by atoms with Gasteiger partial charge in [0.1, 0.15) is 13.1 Å². The fourth-order valence-corrected chi connectivity index (χ4v) is 2.86. The molecule has 23 heavy (non-hydrogen) atoms. The zero-order chi connectivity index (χ0) is 16.1. The third kappa shape index (κ3) is 3.76. The Morgan fingerprint density at radius 2 is 1.83 bits per heavy atom. The summed E-state index contributed by atoms with van der Waals surface area (Å²) in [6.45, 7) is 3.61. The van der Waals surface area contributed by atoms with E-state index in [2.05, 4.69) is 32.2 Å². The van der Waals surface area contributed by atoms with E-state index < -0.39 is 0 Å². The molecular weight excluding hydrogens is 306 g/mol. The van der Waals surface area contributed by atoms with E-state index in [4.69, 9.17) is 17.5 Å². The zero-order valence-electron chi connectivity index (χ0n) is 12.7. The van der Waals surface area contributed by atoms with Crippen molar-refractivity contribution in [2.45, 2.75) is 0 Å². The van der Waals surface area contributed by atoms with Crippen molar-refractivity contribution in [3.63, 3.8) is 0 Å². The highest BCUT2D eigenvalue weighted by Gasteiger charge is 2.24. The lowest BCUT2D eigenvalue weighted by molar-refractivity contribution is -0.364. The van der Waals surface area contributed by atoms with E-state index in [1.54, 1.807) is 12.1 Å². The molecule has 0 saturated carbocycles. The van der Waals surface area contributed by atoms with E-state index in [0.29, 0.717) is 5.56 Å². The summed E-state index contributed by atoms with van der Waals surface area (Å²) in [5.74, 6) is 1.14. The molecule has 2 aromatic rings. The lowest BCUT2D eigenvalue weighted by Gasteiger charge is -2.32. The average molecular weight is 324 g/mol. The van der Waals surface area contributed by atoms with Crippen LogP contribution in [0.5, 0.6) is 0 Å². The number of nitriles is 1. The number of pyridine rings is 1. The minimum atomic E-state index is 0.647. The highest BCUT2D eigenvalue weighted by Crippen LogP contribution is 2.13. The Balaban J connectivity index is 1.55. The molecule has 0 atom stereocenters. The lowest BCUT2D eigenvalue weighted by Crippen LogP contribution is -2.51. The fourth-order valence-electron chi connectivity index (χ4n) is 2.56. The first-order valence-electron chi connectivity index (χ1n) is 7.54. The van der Waals surface area contributed by atoms with Gasteiger partial charge in [-0.1, -0.05) is 6.07 Å². The number of hydrogen-bond acceptors (Lipinski definition) is 3. The van der Waals surface area contributed by atoms with Gasteiger partial charge in [0.05, 0.1) is 30.9 Å². The molecular formula is C17H18N5S+. The first kappa shape index (κ1) is 15.3. The number of piperazine rings is 1. The maximum absolute atomic E-state index is 8.82. The molecule has 5 nitrogen and oxygen atoms in total. The van der Waals surface area contributed by atoms with Crippen LogP contribution in [0.4, 0.5) is 11.5 Å². The Labute approximate surface area is 141 Å². The molecule has 0 unspecified atom stereocenters. The molecule has 0 bridgehead atoms. The van der Waals surface area contributed by atoms with Gasteiger partial charge < -0.3 is 10.2 Å². The molecule has 0 aliphatic carbocycles. The SMILES string of the molecule is N#Cc1ccc(NC(=S)N2CCN(c3cccc[nH+]3)CC2)cc1. The summed E-state index contributed by atoms with van der Waals surface area (Å²) >= 11 is 5.50. The summed E-state index contributed by atoms with van der Waals surface area (Å²) in [7, 11) is 0. The van der Waals surface area contributed by atoms with Crippen LogP contribution in [0.15, 0.2) is 48.7 Å². The first-order valence-corrected chi connectivity index (χ1v) is 7.95. The number of hydrogen-bond donors (Lipinski definition) is 1. The van der Waals surface area contributed by atoms with Gasteiger partial charge in [-0.05, 0) is 42.5 Å². The number of H-pyrrole nitrogens is 1. The van der Waals surface area contributed by atoms with Gasteiger partial charge in [-0.15, -0.1) is 0 Å². The van der Waals surface area contributed by atoms with Crippen molar-refractivity contribution >= 4 is 28.8 Å². The average Bonchev–Trinajstić information content (AvgIpc) is 2.63. The predicted molar refractivity (Wildman–Crippen MR) is 94.2 cm³/mol. The Bertz CT molecular complexity index is 700. The molecule has 3 rings (SSSR count). The van der Waals surface area contributed by atoms with E-state index in [1.165, 1.54) is 0 Å². The smallest absolute Gasteiger partial charge is 0.274 e. The Morgan fingerprint density at radius 3 is 2.43 bits per heavy atom. The molecule has 0 spiro atoms. The van der Waals surface area contributed by atoms with Gasteiger partial charge in [0.15, 0.2) is 5.11 Å². The summed E-state index contributed by atoms with van der Waals surface area (Å²) < 4.78 is 0. The third-order valence-corrected chi connectivity index (χ3v) is 4.23. The van der Waals surface area contributed by atoms with Crippen molar-refractivity contribution in [3.05, 3.63) is 54.2 Å². The van der Waals surface area contributed by atoms with E-state index >= 15 is 0 Å². The number of thiocarbonyl (C=S) groups is 1. The molecule has 0 amide bonds. The van der Waals surface area contributed by atoms with Gasteiger partial charge >= 0.3 is 0 Å². The highest BCUT2D eigenvalue weighted by atomic mass is 32.1. The van der Waals surface area contributed by atoms with Crippen molar-refractivity contribution < 1.29 is 4.98 Å². The normalized spacial score (nSPS) is 14.2. The summed E-state index contributed by atoms with van der Waals surface area (Å²) in [5.41, 5.74) is 1.56. The van der Waals surface area contributed by atoms with Crippen LogP contribution >= 0.6 is 12.2 Å². The topological polar surface area (TPSA) is 56.4 Å². The van der Waals surface area contributed by atoms with E-state index in [0.717, 1.165) is 42.8 Å². The summed E-state index contributed by atoms with van der Waals surface area (Å²) in [6, 6.07) is 15.5. The van der Waals surface area contributed by atoms with Crippen LogP contribution in [0.3, 0.4) is 0 Å². The van der Waals surface area contributed by atoms with Gasteiger partial charge in [0.25, 0.3) is 5.82 Å². The quantitative estimate of drug-likeness (QED) is 0.855. The molecule has 1 aliphatic heterocycles. The zero-order valence-corrected chi connectivity index (χ0v) is 13.5. The van der Waals surface area contributed by atoms with Crippen molar-refractivity contribution in [1.82, 2.24) is 4.90 Å². The summed E-state index contributed by atoms with van der Waals surface area (Å²) in [5, 5.41) is 12.8. The summed E-state index contributed by atoms with van der Waals surface area (Å²) in [4.78, 5) is 7.76. The van der Waals surface area contributed by atoms with Crippen LogP contribution in [0.2, 0.25) is 0 Å². The van der Waals surface area contributed by atoms with Crippen LogP contribution < -0.4 is 15.2 Å². The number of anilines is 2. The number of rotatable bonds is 2. The standard InChI is InChI=1S/C17H17N5S/c18-13-14-4-6-15(7-5-14)20-17(23)22-11-9-21(10-12-22)16-3-1-2-8-19-16/h1-8H,9-12H2,(H,20,23)/p+1.